The molecule has 0 spiro atoms. The van der Waals surface area contributed by atoms with Crippen LogP contribution in [-0.4, -0.2) is 24.1 Å². The van der Waals surface area contributed by atoms with Crippen LogP contribution in [0.5, 0.6) is 0 Å². The van der Waals surface area contributed by atoms with Gasteiger partial charge in [0.1, 0.15) is 11.6 Å². The summed E-state index contributed by atoms with van der Waals surface area (Å²) in [5.41, 5.74) is 5.68. The molecule has 0 aliphatic rings. The van der Waals surface area contributed by atoms with Gasteiger partial charge < -0.3 is 16.0 Å². The Bertz CT molecular complexity index is 542. The van der Waals surface area contributed by atoms with Crippen LogP contribution in [0.3, 0.4) is 0 Å². The molecule has 0 fully saturated rings. The quantitative estimate of drug-likeness (QED) is 0.903. The molecule has 0 aliphatic carbocycles. The van der Waals surface area contributed by atoms with Gasteiger partial charge in [-0.25, -0.2) is 0 Å². The van der Waals surface area contributed by atoms with Crippen LogP contribution in [0.2, 0.25) is 0 Å². The number of nitrogens with one attached hydrogen (secondary N) is 1. The van der Waals surface area contributed by atoms with Crippen molar-refractivity contribution in [3.05, 3.63) is 26.9 Å². The van der Waals surface area contributed by atoms with Crippen LogP contribution in [0.15, 0.2) is 22.0 Å². The summed E-state index contributed by atoms with van der Waals surface area (Å²) < 4.78 is 1.11. The lowest BCUT2D eigenvalue weighted by Gasteiger charge is -2.18. The summed E-state index contributed by atoms with van der Waals surface area (Å²) in [6.45, 7) is 0.788. The molecule has 0 unspecified atom stereocenters. The topological polar surface area (TPSA) is 67.1 Å². The van der Waals surface area contributed by atoms with E-state index in [1.54, 1.807) is 11.3 Å². The third kappa shape index (κ3) is 3.11. The van der Waals surface area contributed by atoms with Crippen LogP contribution in [-0.2, 0) is 6.54 Å². The zero-order chi connectivity index (χ0) is 13.1. The standard InChI is InChI=1S/C11H14BrN5S/c1-14-9-4-10(16-11(13)15-9)17(2)5-8-3-7(12)6-18-8/h3-4,6H,5H2,1-2H3,(H3,13,14,15,16). The molecule has 0 atom stereocenters. The first-order chi connectivity index (χ1) is 8.58. The summed E-state index contributed by atoms with van der Waals surface area (Å²) in [7, 11) is 3.79. The second kappa shape index (κ2) is 5.53. The predicted octanol–water partition coefficient (Wildman–Crippen LogP) is 2.56. The molecule has 3 N–H and O–H groups in total. The van der Waals surface area contributed by atoms with Crippen molar-refractivity contribution in [1.82, 2.24) is 9.97 Å². The Morgan fingerprint density at radius 1 is 1.44 bits per heavy atom. The second-order valence-electron chi connectivity index (χ2n) is 3.81. The Balaban J connectivity index is 2.17. The van der Waals surface area contributed by atoms with Crippen LogP contribution in [0.25, 0.3) is 0 Å². The third-order valence-corrected chi connectivity index (χ3v) is 4.07. The van der Waals surface area contributed by atoms with Crippen molar-refractivity contribution in [2.75, 3.05) is 30.0 Å². The molecule has 0 amide bonds. The Hall–Kier alpha value is -1.34. The Morgan fingerprint density at radius 2 is 2.22 bits per heavy atom. The molecule has 0 aromatic carbocycles. The highest BCUT2D eigenvalue weighted by molar-refractivity contribution is 9.10. The number of anilines is 3. The van der Waals surface area contributed by atoms with Gasteiger partial charge in [-0.3, -0.25) is 0 Å². The van der Waals surface area contributed by atoms with Gasteiger partial charge in [-0.2, -0.15) is 9.97 Å². The molecular weight excluding hydrogens is 314 g/mol. The van der Waals surface area contributed by atoms with E-state index in [9.17, 15) is 0 Å². The van der Waals surface area contributed by atoms with Gasteiger partial charge >= 0.3 is 0 Å². The summed E-state index contributed by atoms with van der Waals surface area (Å²) in [4.78, 5) is 11.6. The van der Waals surface area contributed by atoms with Gasteiger partial charge in [-0.15, -0.1) is 11.3 Å². The number of hydrogen-bond acceptors (Lipinski definition) is 6. The van der Waals surface area contributed by atoms with Crippen LogP contribution in [0, 0.1) is 0 Å². The van der Waals surface area contributed by atoms with Crippen LogP contribution in [0.1, 0.15) is 4.88 Å². The zero-order valence-electron chi connectivity index (χ0n) is 10.1. The minimum absolute atomic E-state index is 0.274. The van der Waals surface area contributed by atoms with Crippen molar-refractivity contribution in [1.29, 1.82) is 0 Å². The lowest BCUT2D eigenvalue weighted by Crippen LogP contribution is -2.18. The highest BCUT2D eigenvalue weighted by Gasteiger charge is 2.08. The fourth-order valence-corrected chi connectivity index (χ4v) is 3.03. The molecule has 18 heavy (non-hydrogen) atoms. The van der Waals surface area contributed by atoms with E-state index in [-0.39, 0.29) is 5.95 Å². The van der Waals surface area contributed by atoms with Gasteiger partial charge in [0, 0.05) is 34.9 Å². The number of thiophene rings is 1. The Kier molecular flexibility index (Phi) is 4.03. The molecule has 0 aliphatic heterocycles. The van der Waals surface area contributed by atoms with Gasteiger partial charge in [0.2, 0.25) is 5.95 Å². The number of rotatable bonds is 4. The largest absolute Gasteiger partial charge is 0.373 e. The summed E-state index contributed by atoms with van der Waals surface area (Å²) in [5.74, 6) is 1.80. The first kappa shape index (κ1) is 13.1. The minimum atomic E-state index is 0.274. The van der Waals surface area contributed by atoms with Crippen molar-refractivity contribution in [3.8, 4) is 0 Å². The Morgan fingerprint density at radius 3 is 2.83 bits per heavy atom. The van der Waals surface area contributed by atoms with E-state index < -0.39 is 0 Å². The second-order valence-corrected chi connectivity index (χ2v) is 5.72. The SMILES string of the molecule is CNc1cc(N(C)Cc2cc(Br)cs2)nc(N)n1. The fourth-order valence-electron chi connectivity index (χ4n) is 1.53. The van der Waals surface area contributed by atoms with E-state index in [4.69, 9.17) is 5.73 Å². The molecule has 96 valence electrons. The van der Waals surface area contributed by atoms with Gasteiger partial charge in [-0.05, 0) is 22.0 Å². The summed E-state index contributed by atoms with van der Waals surface area (Å²) in [6.07, 6.45) is 0. The monoisotopic (exact) mass is 327 g/mol. The van der Waals surface area contributed by atoms with E-state index in [2.05, 4.69) is 42.7 Å². The van der Waals surface area contributed by atoms with Crippen LogP contribution >= 0.6 is 27.3 Å². The molecule has 0 bridgehead atoms. The molecule has 2 heterocycles. The van der Waals surface area contributed by atoms with E-state index in [1.807, 2.05) is 25.1 Å². The van der Waals surface area contributed by atoms with Crippen molar-refractivity contribution < 1.29 is 0 Å². The van der Waals surface area contributed by atoms with Crippen molar-refractivity contribution in [3.63, 3.8) is 0 Å². The van der Waals surface area contributed by atoms with Crippen molar-refractivity contribution in [2.45, 2.75) is 6.54 Å². The first-order valence-electron chi connectivity index (χ1n) is 5.35. The van der Waals surface area contributed by atoms with E-state index >= 15 is 0 Å². The fraction of sp³-hybridized carbons (Fsp3) is 0.273. The van der Waals surface area contributed by atoms with Gasteiger partial charge in [0.05, 0.1) is 6.54 Å². The molecular formula is C11H14BrN5S. The molecule has 7 heteroatoms. The molecule has 2 aromatic heterocycles. The number of nitrogens with two attached hydrogens (primary N) is 1. The van der Waals surface area contributed by atoms with Crippen LogP contribution < -0.4 is 16.0 Å². The van der Waals surface area contributed by atoms with E-state index in [0.717, 1.165) is 22.7 Å². The summed E-state index contributed by atoms with van der Waals surface area (Å²) >= 11 is 5.16. The van der Waals surface area contributed by atoms with Gasteiger partial charge in [0.15, 0.2) is 0 Å². The molecule has 0 saturated heterocycles. The number of hydrogen-bond donors (Lipinski definition) is 2. The van der Waals surface area contributed by atoms with Gasteiger partial charge in [0.25, 0.3) is 0 Å². The van der Waals surface area contributed by atoms with Crippen molar-refractivity contribution >= 4 is 44.9 Å². The first-order valence-corrected chi connectivity index (χ1v) is 7.02. The van der Waals surface area contributed by atoms with E-state index in [0.29, 0.717) is 0 Å². The maximum absolute atomic E-state index is 5.68. The van der Waals surface area contributed by atoms with E-state index in [1.165, 1.54) is 4.88 Å². The zero-order valence-corrected chi connectivity index (χ0v) is 12.5. The third-order valence-electron chi connectivity index (χ3n) is 2.39. The normalized spacial score (nSPS) is 10.4. The molecule has 2 rings (SSSR count). The smallest absolute Gasteiger partial charge is 0.223 e. The number of halogens is 1. The number of nitrogens with zero attached hydrogens (tertiary/aromatic N) is 3. The summed E-state index contributed by atoms with van der Waals surface area (Å²) in [5, 5.41) is 5.03. The number of aromatic nitrogens is 2. The maximum Gasteiger partial charge on any atom is 0.223 e. The predicted molar refractivity (Wildman–Crippen MR) is 80.1 cm³/mol. The average molecular weight is 328 g/mol. The molecule has 2 aromatic rings. The Labute approximate surface area is 118 Å². The maximum atomic E-state index is 5.68. The molecule has 0 saturated carbocycles. The lowest BCUT2D eigenvalue weighted by atomic mass is 10.4. The minimum Gasteiger partial charge on any atom is -0.373 e. The molecule has 0 radical (unpaired) electrons. The van der Waals surface area contributed by atoms with Crippen LogP contribution in [0.4, 0.5) is 17.6 Å². The molecule has 5 nitrogen and oxygen atoms in total. The highest BCUT2D eigenvalue weighted by atomic mass is 79.9. The average Bonchev–Trinajstić information content (AvgIpc) is 2.73. The van der Waals surface area contributed by atoms with Gasteiger partial charge in [-0.1, -0.05) is 0 Å². The number of nitrogen functional groups attached to an aromatic ring is 1. The highest BCUT2D eigenvalue weighted by Crippen LogP contribution is 2.23. The lowest BCUT2D eigenvalue weighted by molar-refractivity contribution is 0.908. The summed E-state index contributed by atoms with van der Waals surface area (Å²) in [6, 6.07) is 3.98. The van der Waals surface area contributed by atoms with Crippen molar-refractivity contribution in [2.24, 2.45) is 0 Å².